The molecule has 0 saturated carbocycles. The van der Waals surface area contributed by atoms with Crippen molar-refractivity contribution in [3.05, 3.63) is 94.9 Å². The number of anilines is 1. The summed E-state index contributed by atoms with van der Waals surface area (Å²) in [5.41, 5.74) is 5.42. The third-order valence-corrected chi connectivity index (χ3v) is 7.49. The number of hydrogen-bond donors (Lipinski definition) is 2. The summed E-state index contributed by atoms with van der Waals surface area (Å²) in [6.45, 7) is 4.01. The van der Waals surface area contributed by atoms with Gasteiger partial charge in [0.15, 0.2) is 17.7 Å². The van der Waals surface area contributed by atoms with Crippen LogP contribution in [0.5, 0.6) is 0 Å². The third-order valence-electron chi connectivity index (χ3n) is 6.77. The van der Waals surface area contributed by atoms with Crippen LogP contribution in [0.2, 0.25) is 0 Å². The number of allylic oxidation sites excluding steroid dienone is 2. The number of alkyl halides is 2. The number of hydrogen-bond acceptors (Lipinski definition) is 6. The molecule has 208 valence electrons. The lowest BCUT2D eigenvalue weighted by molar-refractivity contribution is 0.0941. The van der Waals surface area contributed by atoms with Crippen molar-refractivity contribution >= 4 is 39.8 Å². The lowest BCUT2D eigenvalue weighted by Crippen LogP contribution is -2.35. The number of fused-ring (bicyclic) bond motifs is 1. The van der Waals surface area contributed by atoms with E-state index in [2.05, 4.69) is 54.1 Å². The first kappa shape index (κ1) is 28.4. The van der Waals surface area contributed by atoms with Crippen molar-refractivity contribution in [2.24, 2.45) is 0 Å². The van der Waals surface area contributed by atoms with Crippen LogP contribution < -0.4 is 10.6 Å². The molecule has 41 heavy (non-hydrogen) atoms. The molecule has 4 aromatic rings. The summed E-state index contributed by atoms with van der Waals surface area (Å²) < 4.78 is 30.1. The molecular formula is C30H26F2IN7O. The van der Waals surface area contributed by atoms with Crippen LogP contribution in [0.25, 0.3) is 16.8 Å². The first-order valence-electron chi connectivity index (χ1n) is 12.9. The molecule has 3 heterocycles. The second-order valence-corrected chi connectivity index (χ2v) is 10.3. The van der Waals surface area contributed by atoms with Crippen LogP contribution in [-0.4, -0.2) is 42.5 Å². The quantitative estimate of drug-likeness (QED) is 0.143. The van der Waals surface area contributed by atoms with E-state index in [9.17, 15) is 13.6 Å². The van der Waals surface area contributed by atoms with Gasteiger partial charge in [-0.05, 0) is 37.0 Å². The number of halogens is 3. The molecule has 11 heteroatoms. The molecule has 2 atom stereocenters. The zero-order valence-corrected chi connectivity index (χ0v) is 24.5. The number of nitrogens with one attached hydrogen (secondary N) is 2. The predicted octanol–water partition coefficient (Wildman–Crippen LogP) is 5.66. The summed E-state index contributed by atoms with van der Waals surface area (Å²) >= 11 is 2.30. The Morgan fingerprint density at radius 3 is 2.76 bits per heavy atom. The van der Waals surface area contributed by atoms with E-state index in [0.29, 0.717) is 12.1 Å². The molecule has 1 amide bonds. The fourth-order valence-corrected chi connectivity index (χ4v) is 5.13. The van der Waals surface area contributed by atoms with E-state index in [-0.39, 0.29) is 23.6 Å². The summed E-state index contributed by atoms with van der Waals surface area (Å²) in [4.78, 5) is 31.0. The van der Waals surface area contributed by atoms with Gasteiger partial charge in [0.25, 0.3) is 5.91 Å². The van der Waals surface area contributed by atoms with E-state index < -0.39 is 23.9 Å². The second-order valence-electron chi connectivity index (χ2n) is 9.51. The Labute approximate surface area is 249 Å². The molecule has 1 aromatic carbocycles. The molecule has 1 aliphatic rings. The van der Waals surface area contributed by atoms with Crippen LogP contribution in [0.15, 0.2) is 66.4 Å². The van der Waals surface area contributed by atoms with Gasteiger partial charge in [-0.2, -0.15) is 0 Å². The van der Waals surface area contributed by atoms with Gasteiger partial charge in [-0.1, -0.05) is 52.9 Å². The fourth-order valence-electron chi connectivity index (χ4n) is 4.58. The van der Waals surface area contributed by atoms with Crippen molar-refractivity contribution in [3.8, 4) is 23.6 Å². The second kappa shape index (κ2) is 12.1. The first-order valence-corrected chi connectivity index (χ1v) is 14.4. The molecule has 5 rings (SSSR count). The van der Waals surface area contributed by atoms with Gasteiger partial charge in [-0.25, -0.2) is 23.7 Å². The van der Waals surface area contributed by atoms with Crippen molar-refractivity contribution in [2.75, 3.05) is 5.32 Å². The summed E-state index contributed by atoms with van der Waals surface area (Å²) in [6, 6.07) is 7.36. The molecule has 0 bridgehead atoms. The van der Waals surface area contributed by atoms with Gasteiger partial charge in [0.05, 0.1) is 29.1 Å². The van der Waals surface area contributed by atoms with E-state index in [1.54, 1.807) is 19.2 Å². The van der Waals surface area contributed by atoms with E-state index in [4.69, 9.17) is 11.4 Å². The molecule has 2 N–H and O–H groups in total. The highest BCUT2D eigenvalue weighted by Gasteiger charge is 2.23. The summed E-state index contributed by atoms with van der Waals surface area (Å²) in [5, 5.41) is 5.94. The maximum absolute atomic E-state index is 13.8. The summed E-state index contributed by atoms with van der Waals surface area (Å²) in [7, 11) is 0. The monoisotopic (exact) mass is 665 g/mol. The van der Waals surface area contributed by atoms with Gasteiger partial charge < -0.3 is 15.0 Å². The number of amides is 1. The number of terminal acetylenes is 1. The standard InChI is InChI=1S/C30H26F2IN7O/c1-4-22-16-36-29(27(39-22)30(41)37-17(2)21-9-10-23(31)24(32)13-21)35-15-19-5-7-20(8-6-19)26-28-25(14-33)34-11-12-40(28)18(3)38-26/h1,5-9,11-13,16-17,23H,10,14-15H2,2-3H3,(H,35,36)(H,37,41)/t17-,23?/m0/s1. The van der Waals surface area contributed by atoms with Crippen LogP contribution >= 0.6 is 22.6 Å². The van der Waals surface area contributed by atoms with Crippen molar-refractivity contribution in [3.63, 3.8) is 0 Å². The molecule has 0 aliphatic heterocycles. The highest BCUT2D eigenvalue weighted by atomic mass is 127. The molecule has 0 spiro atoms. The number of nitrogens with zero attached hydrogens (tertiary/aromatic N) is 5. The Kier molecular flexibility index (Phi) is 8.39. The van der Waals surface area contributed by atoms with Crippen molar-refractivity contribution in [1.82, 2.24) is 29.7 Å². The lowest BCUT2D eigenvalue weighted by Gasteiger charge is -2.20. The predicted molar refractivity (Wildman–Crippen MR) is 162 cm³/mol. The first-order chi connectivity index (χ1) is 19.8. The maximum atomic E-state index is 13.8. The normalized spacial score (nSPS) is 15.6. The Morgan fingerprint density at radius 1 is 1.27 bits per heavy atom. The molecule has 0 radical (unpaired) electrons. The van der Waals surface area contributed by atoms with Gasteiger partial charge in [0, 0.05) is 35.4 Å². The Hall–Kier alpha value is -4.18. The summed E-state index contributed by atoms with van der Waals surface area (Å²) in [6.07, 6.45) is 11.5. The Morgan fingerprint density at radius 2 is 2.05 bits per heavy atom. The fraction of sp³-hybridized carbons (Fsp3) is 0.233. The topological polar surface area (TPSA) is 97.1 Å². The van der Waals surface area contributed by atoms with E-state index in [1.807, 2.05) is 41.8 Å². The van der Waals surface area contributed by atoms with Crippen molar-refractivity contribution < 1.29 is 13.6 Å². The highest BCUT2D eigenvalue weighted by molar-refractivity contribution is 14.1. The minimum atomic E-state index is -1.65. The van der Waals surface area contributed by atoms with Crippen LogP contribution in [0.4, 0.5) is 14.6 Å². The molecular weight excluding hydrogens is 639 g/mol. The Bertz CT molecular complexity index is 1720. The van der Waals surface area contributed by atoms with Crippen molar-refractivity contribution in [2.45, 2.75) is 43.5 Å². The molecule has 8 nitrogen and oxygen atoms in total. The van der Waals surface area contributed by atoms with Crippen LogP contribution in [0.3, 0.4) is 0 Å². The van der Waals surface area contributed by atoms with Gasteiger partial charge >= 0.3 is 0 Å². The molecule has 0 saturated heterocycles. The van der Waals surface area contributed by atoms with Crippen LogP contribution in [0.1, 0.15) is 46.6 Å². The minimum absolute atomic E-state index is 0.00642. The van der Waals surface area contributed by atoms with Gasteiger partial charge in [0.1, 0.15) is 17.3 Å². The number of benzene rings is 1. The van der Waals surface area contributed by atoms with Gasteiger partial charge in [-0.3, -0.25) is 9.78 Å². The Balaban J connectivity index is 1.33. The number of aromatic nitrogens is 5. The molecule has 0 fully saturated rings. The number of carbonyl (C=O) groups is 1. The van der Waals surface area contributed by atoms with E-state index in [0.717, 1.165) is 44.4 Å². The number of carbonyl (C=O) groups excluding carboxylic acids is 1. The number of imidazole rings is 1. The number of rotatable bonds is 8. The third kappa shape index (κ3) is 5.97. The zero-order chi connectivity index (χ0) is 29.1. The average molecular weight is 665 g/mol. The van der Waals surface area contributed by atoms with E-state index >= 15 is 0 Å². The molecule has 1 unspecified atom stereocenters. The van der Waals surface area contributed by atoms with E-state index in [1.165, 1.54) is 6.20 Å². The largest absolute Gasteiger partial charge is 0.364 e. The average Bonchev–Trinajstić information content (AvgIpc) is 3.34. The van der Waals surface area contributed by atoms with Crippen LogP contribution in [-0.2, 0) is 11.0 Å². The SMILES string of the molecule is C#Cc1cnc(NCc2ccc(-c3nc(C)n4ccnc(CI)c34)cc2)c(C(=O)N[C@@H](C)C2=CCC(F)C(F)=C2)n1. The number of aryl methyl sites for hydroxylation is 1. The highest BCUT2D eigenvalue weighted by Crippen LogP contribution is 2.28. The lowest BCUT2D eigenvalue weighted by atomic mass is 9.99. The molecule has 1 aliphatic carbocycles. The molecule has 3 aromatic heterocycles. The maximum Gasteiger partial charge on any atom is 0.274 e. The van der Waals surface area contributed by atoms with Gasteiger partial charge in [-0.15, -0.1) is 6.42 Å². The van der Waals surface area contributed by atoms with Gasteiger partial charge in [0.2, 0.25) is 0 Å². The van der Waals surface area contributed by atoms with Crippen LogP contribution in [0, 0.1) is 19.3 Å². The zero-order valence-electron chi connectivity index (χ0n) is 22.3. The smallest absolute Gasteiger partial charge is 0.274 e. The summed E-state index contributed by atoms with van der Waals surface area (Å²) in [5.74, 6) is 2.12. The van der Waals surface area contributed by atoms with Crippen molar-refractivity contribution in [1.29, 1.82) is 0 Å². The minimum Gasteiger partial charge on any atom is -0.364 e.